The molecule has 9 heteroatoms. The second-order valence-electron chi connectivity index (χ2n) is 4.24. The number of hydrogen-bond donors (Lipinski definition) is 1. The monoisotopic (exact) mass is 342 g/mol. The molecule has 2 aromatic rings. The SMILES string of the molecule is O=[N+]([O-])c1ccc(OS(=O)(=O)NCc2ccc(Cl)cc2)cc1. The quantitative estimate of drug-likeness (QED) is 0.642. The van der Waals surface area contributed by atoms with E-state index in [1.807, 2.05) is 0 Å². The molecule has 0 aliphatic heterocycles. The molecule has 2 aromatic carbocycles. The van der Waals surface area contributed by atoms with Crippen molar-refractivity contribution in [2.24, 2.45) is 0 Å². The number of non-ortho nitro benzene ring substituents is 1. The summed E-state index contributed by atoms with van der Waals surface area (Å²) in [5.41, 5.74) is 0.555. The number of nitrogens with one attached hydrogen (secondary N) is 1. The number of benzene rings is 2. The molecule has 0 amide bonds. The summed E-state index contributed by atoms with van der Waals surface area (Å²) in [6.45, 7) is 0.0342. The molecule has 0 radical (unpaired) electrons. The minimum atomic E-state index is -4.03. The lowest BCUT2D eigenvalue weighted by Crippen LogP contribution is -2.27. The van der Waals surface area contributed by atoms with Crippen molar-refractivity contribution < 1.29 is 17.5 Å². The van der Waals surface area contributed by atoms with Gasteiger partial charge in [-0.05, 0) is 29.8 Å². The minimum absolute atomic E-state index is 0.0193. The summed E-state index contributed by atoms with van der Waals surface area (Å²) in [6.07, 6.45) is 0. The smallest absolute Gasteiger partial charge is 0.371 e. The van der Waals surface area contributed by atoms with Crippen molar-refractivity contribution in [1.82, 2.24) is 4.72 Å². The largest absolute Gasteiger partial charge is 0.382 e. The first-order chi connectivity index (χ1) is 10.4. The zero-order chi connectivity index (χ0) is 16.2. The van der Waals surface area contributed by atoms with E-state index >= 15 is 0 Å². The molecular formula is C13H11ClN2O5S. The van der Waals surface area contributed by atoms with Gasteiger partial charge in [-0.2, -0.15) is 13.1 Å². The fraction of sp³-hybridized carbons (Fsp3) is 0.0769. The van der Waals surface area contributed by atoms with Crippen molar-refractivity contribution in [2.75, 3.05) is 0 Å². The molecule has 0 saturated carbocycles. The van der Waals surface area contributed by atoms with Crippen LogP contribution in [0.3, 0.4) is 0 Å². The molecule has 0 unspecified atom stereocenters. The third-order valence-electron chi connectivity index (χ3n) is 2.62. The maximum atomic E-state index is 11.8. The lowest BCUT2D eigenvalue weighted by atomic mass is 10.2. The first kappa shape index (κ1) is 16.2. The molecule has 0 aliphatic carbocycles. The Balaban J connectivity index is 1.98. The summed E-state index contributed by atoms with van der Waals surface area (Å²) in [5.74, 6) is -0.0193. The van der Waals surface area contributed by atoms with Gasteiger partial charge in [0.15, 0.2) is 0 Å². The van der Waals surface area contributed by atoms with Gasteiger partial charge < -0.3 is 4.18 Å². The number of hydrogen-bond acceptors (Lipinski definition) is 5. The minimum Gasteiger partial charge on any atom is -0.371 e. The average molecular weight is 343 g/mol. The first-order valence-corrected chi connectivity index (χ1v) is 7.82. The van der Waals surface area contributed by atoms with Crippen LogP contribution in [0.1, 0.15) is 5.56 Å². The van der Waals surface area contributed by atoms with Gasteiger partial charge in [-0.15, -0.1) is 0 Å². The molecule has 7 nitrogen and oxygen atoms in total. The Bertz CT molecular complexity index is 760. The van der Waals surface area contributed by atoms with Crippen molar-refractivity contribution in [1.29, 1.82) is 0 Å². The molecule has 0 fully saturated rings. The van der Waals surface area contributed by atoms with Crippen LogP contribution in [0, 0.1) is 10.1 Å². The van der Waals surface area contributed by atoms with Gasteiger partial charge in [0.2, 0.25) is 0 Å². The highest BCUT2D eigenvalue weighted by molar-refractivity contribution is 7.85. The Kier molecular flexibility index (Phi) is 4.96. The molecule has 1 N–H and O–H groups in total. The summed E-state index contributed by atoms with van der Waals surface area (Å²) >= 11 is 5.73. The van der Waals surface area contributed by atoms with Gasteiger partial charge in [0.1, 0.15) is 5.75 Å². The van der Waals surface area contributed by atoms with E-state index in [1.165, 1.54) is 12.1 Å². The maximum Gasteiger partial charge on any atom is 0.382 e. The van der Waals surface area contributed by atoms with Crippen LogP contribution >= 0.6 is 11.6 Å². The Hall–Kier alpha value is -2.16. The third-order valence-corrected chi connectivity index (χ3v) is 3.78. The summed E-state index contributed by atoms with van der Waals surface area (Å²) < 4.78 is 30.6. The molecule has 116 valence electrons. The molecule has 0 aliphatic rings. The highest BCUT2D eigenvalue weighted by atomic mass is 35.5. The Morgan fingerprint density at radius 2 is 1.68 bits per heavy atom. The predicted molar refractivity (Wildman–Crippen MR) is 80.9 cm³/mol. The zero-order valence-electron chi connectivity index (χ0n) is 11.1. The summed E-state index contributed by atoms with van der Waals surface area (Å²) in [7, 11) is -4.03. The van der Waals surface area contributed by atoms with Crippen LogP contribution in [0.5, 0.6) is 5.75 Å². The summed E-state index contributed by atoms with van der Waals surface area (Å²) in [6, 6.07) is 11.4. The van der Waals surface area contributed by atoms with Crippen molar-refractivity contribution in [3.63, 3.8) is 0 Å². The standard InChI is InChI=1S/C13H11ClN2O5S/c14-11-3-1-10(2-4-11)9-15-22(19,20)21-13-7-5-12(6-8-13)16(17)18/h1-8,15H,9H2. The van der Waals surface area contributed by atoms with Crippen molar-refractivity contribution in [3.05, 3.63) is 69.2 Å². The van der Waals surface area contributed by atoms with Gasteiger partial charge >= 0.3 is 10.3 Å². The van der Waals surface area contributed by atoms with Crippen LogP contribution < -0.4 is 8.91 Å². The Labute approximate surface area is 131 Å². The average Bonchev–Trinajstić information content (AvgIpc) is 2.47. The highest BCUT2D eigenvalue weighted by Crippen LogP contribution is 2.18. The zero-order valence-corrected chi connectivity index (χ0v) is 12.7. The summed E-state index contributed by atoms with van der Waals surface area (Å²) in [4.78, 5) is 9.92. The number of nitro groups is 1. The maximum absolute atomic E-state index is 11.8. The molecule has 0 aromatic heterocycles. The molecule has 0 saturated heterocycles. The number of nitro benzene ring substituents is 1. The van der Waals surface area contributed by atoms with Crippen LogP contribution in [0.15, 0.2) is 48.5 Å². The molecule has 0 heterocycles. The molecule has 0 bridgehead atoms. The van der Waals surface area contributed by atoms with E-state index in [0.717, 1.165) is 12.1 Å². The third kappa shape index (κ3) is 4.69. The van der Waals surface area contributed by atoms with Crippen molar-refractivity contribution in [3.8, 4) is 5.75 Å². The Morgan fingerprint density at radius 1 is 1.09 bits per heavy atom. The lowest BCUT2D eigenvalue weighted by Gasteiger charge is -2.08. The van der Waals surface area contributed by atoms with E-state index in [2.05, 4.69) is 4.72 Å². The van der Waals surface area contributed by atoms with E-state index in [9.17, 15) is 18.5 Å². The number of nitrogens with zero attached hydrogens (tertiary/aromatic N) is 1. The predicted octanol–water partition coefficient (Wildman–Crippen LogP) is 2.66. The molecule has 22 heavy (non-hydrogen) atoms. The van der Waals surface area contributed by atoms with Gasteiger partial charge in [-0.1, -0.05) is 23.7 Å². The van der Waals surface area contributed by atoms with E-state index in [4.69, 9.17) is 15.8 Å². The van der Waals surface area contributed by atoms with Crippen LogP contribution in [-0.4, -0.2) is 13.3 Å². The molecular weight excluding hydrogens is 332 g/mol. The van der Waals surface area contributed by atoms with Gasteiger partial charge in [-0.3, -0.25) is 10.1 Å². The highest BCUT2D eigenvalue weighted by Gasteiger charge is 2.13. The normalized spacial score (nSPS) is 11.1. The van der Waals surface area contributed by atoms with Gasteiger partial charge in [0.05, 0.1) is 4.92 Å². The van der Waals surface area contributed by atoms with E-state index in [1.54, 1.807) is 24.3 Å². The topological polar surface area (TPSA) is 98.5 Å². The summed E-state index contributed by atoms with van der Waals surface area (Å²) in [5, 5.41) is 11.1. The fourth-order valence-electron chi connectivity index (χ4n) is 1.55. The van der Waals surface area contributed by atoms with E-state index in [0.29, 0.717) is 10.6 Å². The molecule has 0 atom stereocenters. The number of rotatable bonds is 6. The lowest BCUT2D eigenvalue weighted by molar-refractivity contribution is -0.384. The second-order valence-corrected chi connectivity index (χ2v) is 6.04. The first-order valence-electron chi connectivity index (χ1n) is 6.04. The second kappa shape index (κ2) is 6.73. The van der Waals surface area contributed by atoms with Crippen molar-refractivity contribution >= 4 is 27.6 Å². The Morgan fingerprint density at radius 3 is 2.23 bits per heavy atom. The van der Waals surface area contributed by atoms with Gasteiger partial charge in [0, 0.05) is 23.7 Å². The fourth-order valence-corrected chi connectivity index (χ4v) is 2.45. The van der Waals surface area contributed by atoms with Crippen LogP contribution in [-0.2, 0) is 16.8 Å². The van der Waals surface area contributed by atoms with Crippen LogP contribution in [0.4, 0.5) is 5.69 Å². The van der Waals surface area contributed by atoms with Crippen LogP contribution in [0.25, 0.3) is 0 Å². The van der Waals surface area contributed by atoms with Crippen LogP contribution in [0.2, 0.25) is 5.02 Å². The van der Waals surface area contributed by atoms with Gasteiger partial charge in [-0.25, -0.2) is 0 Å². The van der Waals surface area contributed by atoms with E-state index in [-0.39, 0.29) is 18.0 Å². The number of halogens is 1. The molecule has 0 spiro atoms. The van der Waals surface area contributed by atoms with E-state index < -0.39 is 15.2 Å². The van der Waals surface area contributed by atoms with Crippen molar-refractivity contribution in [2.45, 2.75) is 6.54 Å². The molecule has 2 rings (SSSR count). The van der Waals surface area contributed by atoms with Gasteiger partial charge in [0.25, 0.3) is 5.69 Å².